The van der Waals surface area contributed by atoms with Gasteiger partial charge in [-0.1, -0.05) is 20.8 Å². The lowest BCUT2D eigenvalue weighted by molar-refractivity contribution is -0.141. The predicted molar refractivity (Wildman–Crippen MR) is 81.3 cm³/mol. The Morgan fingerprint density at radius 1 is 1.29 bits per heavy atom. The Hall–Kier alpha value is -1.34. The minimum absolute atomic E-state index is 0.419. The molecule has 1 fully saturated rings. The second kappa shape index (κ2) is 8.19. The number of piperazine rings is 1. The Balaban J connectivity index is 2.22. The molecule has 1 aliphatic heterocycles. The number of rotatable bonds is 6. The number of carboxylic acid groups (broad SMARTS) is 1. The summed E-state index contributed by atoms with van der Waals surface area (Å²) in [6.07, 6.45) is 0.862. The first kappa shape index (κ1) is 17.7. The van der Waals surface area contributed by atoms with Gasteiger partial charge < -0.3 is 26.0 Å². The fourth-order valence-electron chi connectivity index (χ4n) is 2.27. The van der Waals surface area contributed by atoms with Gasteiger partial charge in [-0.2, -0.15) is 0 Å². The highest BCUT2D eigenvalue weighted by atomic mass is 16.4. The van der Waals surface area contributed by atoms with Gasteiger partial charge in [0.05, 0.1) is 0 Å². The van der Waals surface area contributed by atoms with E-state index < -0.39 is 23.5 Å². The zero-order chi connectivity index (χ0) is 15.9. The number of carboxylic acids is 1. The summed E-state index contributed by atoms with van der Waals surface area (Å²) >= 11 is 0. The van der Waals surface area contributed by atoms with Crippen LogP contribution >= 0.6 is 0 Å². The molecule has 0 saturated carbocycles. The van der Waals surface area contributed by atoms with Gasteiger partial charge in [-0.15, -0.1) is 0 Å². The van der Waals surface area contributed by atoms with E-state index in [1.54, 1.807) is 20.8 Å². The average Bonchev–Trinajstić information content (AvgIpc) is 2.40. The van der Waals surface area contributed by atoms with E-state index in [1.165, 1.54) is 0 Å². The van der Waals surface area contributed by atoms with Gasteiger partial charge in [0.2, 0.25) is 0 Å². The Morgan fingerprint density at radius 2 is 1.90 bits per heavy atom. The minimum Gasteiger partial charge on any atom is -0.480 e. The van der Waals surface area contributed by atoms with Crippen molar-refractivity contribution in [3.8, 4) is 0 Å². The first-order valence-corrected chi connectivity index (χ1v) is 7.51. The van der Waals surface area contributed by atoms with Gasteiger partial charge >= 0.3 is 12.0 Å². The molecular weight excluding hydrogens is 272 g/mol. The van der Waals surface area contributed by atoms with Crippen molar-refractivity contribution in [3.05, 3.63) is 0 Å². The molecule has 4 N–H and O–H groups in total. The SMILES string of the molecule is CC(C)(C)C(NC(=O)NCCCN1CCNCC1)C(=O)O. The zero-order valence-corrected chi connectivity index (χ0v) is 13.2. The number of hydrogen-bond acceptors (Lipinski definition) is 4. The third-order valence-corrected chi connectivity index (χ3v) is 3.53. The van der Waals surface area contributed by atoms with Crippen molar-refractivity contribution >= 4 is 12.0 Å². The third-order valence-electron chi connectivity index (χ3n) is 3.53. The molecule has 1 aliphatic rings. The molecule has 0 spiro atoms. The Morgan fingerprint density at radius 3 is 2.43 bits per heavy atom. The van der Waals surface area contributed by atoms with Gasteiger partial charge in [0.15, 0.2) is 0 Å². The number of amides is 2. The van der Waals surface area contributed by atoms with Crippen LogP contribution in [0.4, 0.5) is 4.79 Å². The maximum absolute atomic E-state index is 11.7. The van der Waals surface area contributed by atoms with Crippen LogP contribution in [0, 0.1) is 5.41 Å². The molecule has 1 rings (SSSR count). The van der Waals surface area contributed by atoms with E-state index in [0.717, 1.165) is 39.1 Å². The maximum atomic E-state index is 11.7. The van der Waals surface area contributed by atoms with E-state index in [4.69, 9.17) is 5.11 Å². The number of carbonyl (C=O) groups is 2. The molecule has 0 bridgehead atoms. The smallest absolute Gasteiger partial charge is 0.326 e. The van der Waals surface area contributed by atoms with Crippen molar-refractivity contribution in [2.24, 2.45) is 5.41 Å². The molecule has 0 aromatic carbocycles. The summed E-state index contributed by atoms with van der Waals surface area (Å²) in [6.45, 7) is 11.0. The predicted octanol–water partition coefficient (Wildman–Crippen LogP) is 0.0802. The highest BCUT2D eigenvalue weighted by Gasteiger charge is 2.32. The van der Waals surface area contributed by atoms with E-state index in [9.17, 15) is 9.59 Å². The van der Waals surface area contributed by atoms with Gasteiger partial charge in [0.25, 0.3) is 0 Å². The number of urea groups is 1. The van der Waals surface area contributed by atoms with Crippen molar-refractivity contribution in [2.75, 3.05) is 39.3 Å². The number of nitrogens with one attached hydrogen (secondary N) is 3. The molecule has 1 unspecified atom stereocenters. The van der Waals surface area contributed by atoms with Crippen LogP contribution < -0.4 is 16.0 Å². The van der Waals surface area contributed by atoms with Crippen LogP contribution in [0.3, 0.4) is 0 Å². The van der Waals surface area contributed by atoms with Crippen molar-refractivity contribution < 1.29 is 14.7 Å². The van der Waals surface area contributed by atoms with Gasteiger partial charge in [0.1, 0.15) is 6.04 Å². The summed E-state index contributed by atoms with van der Waals surface area (Å²) in [5.41, 5.74) is -0.524. The summed E-state index contributed by atoms with van der Waals surface area (Å²) in [6, 6.07) is -1.32. The lowest BCUT2D eigenvalue weighted by Crippen LogP contribution is -2.52. The molecule has 1 heterocycles. The number of carbonyl (C=O) groups excluding carboxylic acids is 1. The van der Waals surface area contributed by atoms with Gasteiger partial charge in [-0.05, 0) is 18.4 Å². The van der Waals surface area contributed by atoms with Crippen LogP contribution in [-0.4, -0.2) is 67.3 Å². The highest BCUT2D eigenvalue weighted by Crippen LogP contribution is 2.19. The van der Waals surface area contributed by atoms with Crippen molar-refractivity contribution in [3.63, 3.8) is 0 Å². The van der Waals surface area contributed by atoms with Gasteiger partial charge in [-0.25, -0.2) is 9.59 Å². The van der Waals surface area contributed by atoms with Crippen LogP contribution in [0.15, 0.2) is 0 Å². The molecule has 7 heteroatoms. The second-order valence-electron chi connectivity index (χ2n) is 6.48. The summed E-state index contributed by atoms with van der Waals surface area (Å²) in [5, 5.41) is 17.7. The third kappa shape index (κ3) is 6.77. The van der Waals surface area contributed by atoms with E-state index in [-0.39, 0.29) is 0 Å². The number of aliphatic carboxylic acids is 1. The first-order valence-electron chi connectivity index (χ1n) is 7.51. The standard InChI is InChI=1S/C14H28N4O3/c1-14(2,3)11(12(19)20)17-13(21)16-5-4-8-18-9-6-15-7-10-18/h11,15H,4-10H2,1-3H3,(H,19,20)(H2,16,17,21). The molecule has 1 atom stereocenters. The van der Waals surface area contributed by atoms with Crippen LogP contribution in [0.25, 0.3) is 0 Å². The quantitative estimate of drug-likeness (QED) is 0.521. The molecule has 0 aromatic rings. The summed E-state index contributed by atoms with van der Waals surface area (Å²) in [5.74, 6) is -1.02. The van der Waals surface area contributed by atoms with Crippen molar-refractivity contribution in [1.82, 2.24) is 20.9 Å². The van der Waals surface area contributed by atoms with Gasteiger partial charge in [-0.3, -0.25) is 0 Å². The molecule has 21 heavy (non-hydrogen) atoms. The highest BCUT2D eigenvalue weighted by molar-refractivity contribution is 5.83. The molecule has 122 valence electrons. The Labute approximate surface area is 126 Å². The summed E-state index contributed by atoms with van der Waals surface area (Å²) in [7, 11) is 0. The van der Waals surface area contributed by atoms with Crippen molar-refractivity contribution in [2.45, 2.75) is 33.2 Å². The fourth-order valence-corrected chi connectivity index (χ4v) is 2.27. The van der Waals surface area contributed by atoms with Crippen LogP contribution in [0.5, 0.6) is 0 Å². The molecule has 1 saturated heterocycles. The molecule has 0 aromatic heterocycles. The number of nitrogens with zero attached hydrogens (tertiary/aromatic N) is 1. The normalized spacial score (nSPS) is 18.0. The van der Waals surface area contributed by atoms with Crippen LogP contribution in [0.1, 0.15) is 27.2 Å². The Bertz CT molecular complexity index is 349. The van der Waals surface area contributed by atoms with E-state index in [0.29, 0.717) is 6.54 Å². The largest absolute Gasteiger partial charge is 0.480 e. The minimum atomic E-state index is -1.02. The maximum Gasteiger partial charge on any atom is 0.326 e. The monoisotopic (exact) mass is 300 g/mol. The number of hydrogen-bond donors (Lipinski definition) is 4. The van der Waals surface area contributed by atoms with E-state index in [2.05, 4.69) is 20.9 Å². The lowest BCUT2D eigenvalue weighted by atomic mass is 9.87. The fraction of sp³-hybridized carbons (Fsp3) is 0.857. The van der Waals surface area contributed by atoms with E-state index in [1.807, 2.05) is 0 Å². The second-order valence-corrected chi connectivity index (χ2v) is 6.48. The van der Waals surface area contributed by atoms with Crippen LogP contribution in [-0.2, 0) is 4.79 Å². The molecular formula is C14H28N4O3. The molecule has 2 amide bonds. The molecule has 0 aliphatic carbocycles. The Kier molecular flexibility index (Phi) is 6.91. The van der Waals surface area contributed by atoms with Crippen LogP contribution in [0.2, 0.25) is 0 Å². The van der Waals surface area contributed by atoms with Gasteiger partial charge in [0, 0.05) is 32.7 Å². The molecule has 0 radical (unpaired) electrons. The van der Waals surface area contributed by atoms with E-state index >= 15 is 0 Å². The summed E-state index contributed by atoms with van der Waals surface area (Å²) < 4.78 is 0. The lowest BCUT2D eigenvalue weighted by Gasteiger charge is -2.28. The topological polar surface area (TPSA) is 93.7 Å². The van der Waals surface area contributed by atoms with Crippen molar-refractivity contribution in [1.29, 1.82) is 0 Å². The first-order chi connectivity index (χ1) is 9.80. The zero-order valence-electron chi connectivity index (χ0n) is 13.2. The summed E-state index contributed by atoms with van der Waals surface area (Å²) in [4.78, 5) is 25.3. The molecule has 7 nitrogen and oxygen atoms in total. The average molecular weight is 300 g/mol.